The number of halogens is 10. The van der Waals surface area contributed by atoms with Crippen LogP contribution in [-0.4, -0.2) is 12.4 Å². The molecule has 3 aromatic carbocycles. The van der Waals surface area contributed by atoms with Crippen LogP contribution in [0, 0.1) is 58.2 Å². The Morgan fingerprint density at radius 1 is 0.455 bits per heavy atom. The Morgan fingerprint density at radius 3 is 1.09 bits per heavy atom. The summed E-state index contributed by atoms with van der Waals surface area (Å²) < 4.78 is 149. The number of hydrogen-bond acceptors (Lipinski definition) is 4. The number of hydrogen-bond donors (Lipinski definition) is 1. The van der Waals surface area contributed by atoms with E-state index in [1.807, 2.05) is 0 Å². The van der Waals surface area contributed by atoms with Gasteiger partial charge in [0.15, 0.2) is 11.5 Å². The SMILES string of the molecule is Oc1ccc(OB(Oc2c(F)c(F)c(F)c(F)c2F)Oc2c(F)c(F)c(F)c(F)c2F)cc1. The summed E-state index contributed by atoms with van der Waals surface area (Å²) in [4.78, 5) is 0. The Balaban J connectivity index is 2.08. The summed E-state index contributed by atoms with van der Waals surface area (Å²) in [6.45, 7) is 0. The van der Waals surface area contributed by atoms with Gasteiger partial charge >= 0.3 is 7.32 Å². The van der Waals surface area contributed by atoms with E-state index in [1.165, 1.54) is 0 Å². The second kappa shape index (κ2) is 9.00. The molecule has 33 heavy (non-hydrogen) atoms. The maximum Gasteiger partial charge on any atom is 0.864 e. The number of aromatic hydroxyl groups is 1. The van der Waals surface area contributed by atoms with E-state index in [0.29, 0.717) is 0 Å². The van der Waals surface area contributed by atoms with Crippen LogP contribution in [0.4, 0.5) is 43.9 Å². The summed E-state index contributed by atoms with van der Waals surface area (Å²) in [6.07, 6.45) is 0. The second-order valence-electron chi connectivity index (χ2n) is 5.93. The highest BCUT2D eigenvalue weighted by Gasteiger charge is 2.39. The van der Waals surface area contributed by atoms with Gasteiger partial charge in [-0.2, -0.15) is 17.6 Å². The summed E-state index contributed by atoms with van der Waals surface area (Å²) in [5.41, 5.74) is 0. The Bertz CT molecular complexity index is 1090. The molecule has 0 aliphatic rings. The lowest BCUT2D eigenvalue weighted by Gasteiger charge is -2.18. The Morgan fingerprint density at radius 2 is 0.758 bits per heavy atom. The van der Waals surface area contributed by atoms with Crippen molar-refractivity contribution in [1.82, 2.24) is 0 Å². The van der Waals surface area contributed by atoms with Crippen LogP contribution in [-0.2, 0) is 0 Å². The molecule has 174 valence electrons. The summed E-state index contributed by atoms with van der Waals surface area (Å²) in [5, 5.41) is 9.23. The molecule has 0 spiro atoms. The fraction of sp³-hybridized carbons (Fsp3) is 0. The maximum atomic E-state index is 13.9. The molecule has 0 fully saturated rings. The van der Waals surface area contributed by atoms with Gasteiger partial charge in [0.1, 0.15) is 11.5 Å². The minimum atomic E-state index is -2.88. The molecule has 0 atom stereocenters. The van der Waals surface area contributed by atoms with E-state index in [0.717, 1.165) is 24.3 Å². The summed E-state index contributed by atoms with van der Waals surface area (Å²) in [6, 6.07) is 3.71. The summed E-state index contributed by atoms with van der Waals surface area (Å²) in [7, 11) is -2.88. The van der Waals surface area contributed by atoms with E-state index in [2.05, 4.69) is 9.31 Å². The first-order valence-electron chi connectivity index (χ1n) is 8.25. The van der Waals surface area contributed by atoms with Crippen LogP contribution < -0.4 is 14.0 Å². The lowest BCUT2D eigenvalue weighted by molar-refractivity contribution is 0.260. The van der Waals surface area contributed by atoms with Crippen molar-refractivity contribution in [2.24, 2.45) is 0 Å². The van der Waals surface area contributed by atoms with Crippen LogP contribution in [0.25, 0.3) is 0 Å². The molecular weight excluding hydrogens is 481 g/mol. The first kappa shape index (κ1) is 23.9. The zero-order chi connectivity index (χ0) is 24.6. The average molecular weight is 486 g/mol. The van der Waals surface area contributed by atoms with Crippen LogP contribution >= 0.6 is 0 Å². The van der Waals surface area contributed by atoms with Crippen molar-refractivity contribution in [2.45, 2.75) is 0 Å². The molecule has 0 bridgehead atoms. The third-order valence-electron chi connectivity index (χ3n) is 3.84. The number of benzene rings is 3. The Kier molecular flexibility index (Phi) is 6.51. The molecule has 0 saturated carbocycles. The molecule has 15 heteroatoms. The van der Waals surface area contributed by atoms with Crippen molar-refractivity contribution in [1.29, 1.82) is 0 Å². The van der Waals surface area contributed by atoms with E-state index < -0.39 is 82.7 Å². The standard InChI is InChI=1S/C18H5BF10O4/c20-7-9(22)13(26)17(14(27)10(7)23)32-19(31-6-3-1-5(30)2-4-6)33-18-15(28)11(24)8(21)12(25)16(18)29/h1-4,30H. The fourth-order valence-electron chi connectivity index (χ4n) is 2.28. The van der Waals surface area contributed by atoms with Crippen LogP contribution in [0.1, 0.15) is 0 Å². The minimum Gasteiger partial charge on any atom is -0.508 e. The van der Waals surface area contributed by atoms with Gasteiger partial charge in [0, 0.05) is 0 Å². The highest BCUT2D eigenvalue weighted by Crippen LogP contribution is 2.33. The van der Waals surface area contributed by atoms with Gasteiger partial charge in [0.25, 0.3) is 0 Å². The van der Waals surface area contributed by atoms with Crippen molar-refractivity contribution in [2.75, 3.05) is 0 Å². The molecule has 0 amide bonds. The maximum absolute atomic E-state index is 13.9. The Hall–Kier alpha value is -3.78. The average Bonchev–Trinajstić information content (AvgIpc) is 2.80. The van der Waals surface area contributed by atoms with Crippen molar-refractivity contribution in [3.8, 4) is 23.0 Å². The summed E-state index contributed by atoms with van der Waals surface area (Å²) >= 11 is 0. The molecule has 0 aliphatic heterocycles. The molecule has 0 heterocycles. The van der Waals surface area contributed by atoms with Crippen LogP contribution in [0.15, 0.2) is 24.3 Å². The lowest BCUT2D eigenvalue weighted by atomic mass is 10.1. The van der Waals surface area contributed by atoms with Crippen molar-refractivity contribution < 1.29 is 63.0 Å². The number of phenols is 1. The van der Waals surface area contributed by atoms with Gasteiger partial charge in [0.05, 0.1) is 0 Å². The molecule has 0 unspecified atom stereocenters. The van der Waals surface area contributed by atoms with Gasteiger partial charge < -0.3 is 19.1 Å². The quantitative estimate of drug-likeness (QED) is 0.222. The van der Waals surface area contributed by atoms with Gasteiger partial charge in [0.2, 0.25) is 58.2 Å². The smallest absolute Gasteiger partial charge is 0.508 e. The van der Waals surface area contributed by atoms with Gasteiger partial charge in [-0.1, -0.05) is 0 Å². The molecule has 3 rings (SSSR count). The first-order valence-corrected chi connectivity index (χ1v) is 8.25. The lowest BCUT2D eigenvalue weighted by Crippen LogP contribution is -2.38. The minimum absolute atomic E-state index is 0.347. The molecule has 0 aliphatic carbocycles. The normalized spacial score (nSPS) is 10.8. The van der Waals surface area contributed by atoms with Gasteiger partial charge in [-0.15, -0.1) is 0 Å². The number of rotatable bonds is 6. The van der Waals surface area contributed by atoms with Crippen molar-refractivity contribution in [3.05, 3.63) is 82.4 Å². The molecule has 1 N–H and O–H groups in total. The van der Waals surface area contributed by atoms with Crippen molar-refractivity contribution in [3.63, 3.8) is 0 Å². The molecule has 0 radical (unpaired) electrons. The topological polar surface area (TPSA) is 47.9 Å². The third kappa shape index (κ3) is 4.43. The second-order valence-corrected chi connectivity index (χ2v) is 5.93. The third-order valence-corrected chi connectivity index (χ3v) is 3.84. The first-order chi connectivity index (χ1) is 15.4. The number of phenolic OH excluding ortho intramolecular Hbond substituents is 1. The highest BCUT2D eigenvalue weighted by molar-refractivity contribution is 6.39. The molecule has 4 nitrogen and oxygen atoms in total. The zero-order valence-corrected chi connectivity index (χ0v) is 15.3. The van der Waals surface area contributed by atoms with Crippen LogP contribution in [0.5, 0.6) is 23.0 Å². The van der Waals surface area contributed by atoms with E-state index in [9.17, 15) is 49.0 Å². The van der Waals surface area contributed by atoms with E-state index in [1.54, 1.807) is 0 Å². The van der Waals surface area contributed by atoms with E-state index in [4.69, 9.17) is 4.65 Å². The monoisotopic (exact) mass is 486 g/mol. The van der Waals surface area contributed by atoms with Crippen LogP contribution in [0.2, 0.25) is 0 Å². The highest BCUT2D eigenvalue weighted by atomic mass is 19.2. The van der Waals surface area contributed by atoms with E-state index >= 15 is 0 Å². The molecule has 0 aromatic heterocycles. The predicted molar refractivity (Wildman–Crippen MR) is 88.2 cm³/mol. The predicted octanol–water partition coefficient (Wildman–Crippen LogP) is 5.30. The van der Waals surface area contributed by atoms with Gasteiger partial charge in [-0.3, -0.25) is 0 Å². The largest absolute Gasteiger partial charge is 0.864 e. The zero-order valence-electron chi connectivity index (χ0n) is 15.3. The van der Waals surface area contributed by atoms with Crippen LogP contribution in [0.3, 0.4) is 0 Å². The molecular formula is C18H5BF10O4. The Labute approximate surface area is 176 Å². The van der Waals surface area contributed by atoms with Crippen molar-refractivity contribution >= 4 is 7.32 Å². The fourth-order valence-corrected chi connectivity index (χ4v) is 2.28. The van der Waals surface area contributed by atoms with E-state index in [-0.39, 0.29) is 5.75 Å². The molecule has 0 saturated heterocycles. The molecule has 3 aromatic rings. The van der Waals surface area contributed by atoms with Gasteiger partial charge in [-0.05, 0) is 24.3 Å². The summed E-state index contributed by atoms with van der Waals surface area (Å²) in [5.74, 6) is -30.3. The van der Waals surface area contributed by atoms with Gasteiger partial charge in [-0.25, -0.2) is 26.3 Å².